The molecule has 0 bridgehead atoms. The van der Waals surface area contributed by atoms with Crippen molar-refractivity contribution >= 4 is 0 Å². The van der Waals surface area contributed by atoms with Crippen molar-refractivity contribution in [1.82, 2.24) is 0 Å². The zero-order valence-corrected chi connectivity index (χ0v) is 12.4. The average molecular weight is 259 g/mol. The molecule has 0 aromatic heterocycles. The molecular weight excluding hydrogens is 230 g/mol. The molecule has 0 saturated heterocycles. The summed E-state index contributed by atoms with van der Waals surface area (Å²) in [6.07, 6.45) is 11.9. The number of aryl methyl sites for hydroxylation is 1. The van der Waals surface area contributed by atoms with Gasteiger partial charge in [0.15, 0.2) is 0 Å². The largest absolute Gasteiger partial charge is 0.327 e. The smallest absolute Gasteiger partial charge is 0.0108 e. The quantitative estimate of drug-likeness (QED) is 0.667. The van der Waals surface area contributed by atoms with Gasteiger partial charge in [-0.1, -0.05) is 69.7 Å². The fraction of sp³-hybridized carbons (Fsp3) is 0.667. The summed E-state index contributed by atoms with van der Waals surface area (Å²) >= 11 is 0. The van der Waals surface area contributed by atoms with Crippen LogP contribution in [0.3, 0.4) is 0 Å². The molecule has 2 rings (SSSR count). The zero-order chi connectivity index (χ0) is 13.5. The minimum Gasteiger partial charge on any atom is -0.327 e. The van der Waals surface area contributed by atoms with Crippen LogP contribution in [0.5, 0.6) is 0 Å². The maximum Gasteiger partial charge on any atom is 0.0108 e. The summed E-state index contributed by atoms with van der Waals surface area (Å²) in [5.41, 5.74) is 9.50. The minimum atomic E-state index is 0.370. The van der Waals surface area contributed by atoms with Crippen LogP contribution >= 0.6 is 0 Å². The van der Waals surface area contributed by atoms with Crippen LogP contribution in [-0.2, 0) is 6.42 Å². The Morgan fingerprint density at radius 3 is 2.68 bits per heavy atom. The van der Waals surface area contributed by atoms with Crippen LogP contribution in [0.1, 0.15) is 75.3 Å². The van der Waals surface area contributed by atoms with E-state index in [0.717, 1.165) is 0 Å². The highest BCUT2D eigenvalue weighted by atomic mass is 14.7. The van der Waals surface area contributed by atoms with Gasteiger partial charge in [0.25, 0.3) is 0 Å². The molecule has 0 heterocycles. The summed E-state index contributed by atoms with van der Waals surface area (Å²) in [5.74, 6) is 0.617. The van der Waals surface area contributed by atoms with Gasteiger partial charge in [-0.05, 0) is 36.3 Å². The number of rotatable bonds is 8. The van der Waals surface area contributed by atoms with Gasteiger partial charge in [-0.15, -0.1) is 0 Å². The van der Waals surface area contributed by atoms with Crippen LogP contribution in [0.4, 0.5) is 0 Å². The molecule has 0 amide bonds. The van der Waals surface area contributed by atoms with E-state index in [2.05, 4.69) is 31.2 Å². The first-order valence-corrected chi connectivity index (χ1v) is 8.16. The van der Waals surface area contributed by atoms with Crippen molar-refractivity contribution in [2.75, 3.05) is 0 Å². The lowest BCUT2D eigenvalue weighted by Gasteiger charge is -2.20. The standard InChI is InChI=1S/C18H29N/c1-2-3-4-5-6-7-12-18(19)17-14-13-15-10-8-9-11-16(15)17/h8-11,17-18H,2-7,12-14,19H2,1H3. The number of nitrogens with two attached hydrogens (primary N) is 1. The Kier molecular flexibility index (Phi) is 5.91. The molecule has 0 spiro atoms. The van der Waals surface area contributed by atoms with Crippen molar-refractivity contribution in [3.8, 4) is 0 Å². The SMILES string of the molecule is CCCCCCCCC(N)C1CCc2ccccc21. The molecule has 1 aliphatic carbocycles. The molecule has 19 heavy (non-hydrogen) atoms. The van der Waals surface area contributed by atoms with E-state index in [1.807, 2.05) is 0 Å². The second kappa shape index (κ2) is 7.69. The van der Waals surface area contributed by atoms with E-state index >= 15 is 0 Å². The molecule has 2 N–H and O–H groups in total. The minimum absolute atomic E-state index is 0.370. The fourth-order valence-corrected chi connectivity index (χ4v) is 3.40. The molecule has 2 atom stereocenters. The molecule has 1 heteroatoms. The zero-order valence-electron chi connectivity index (χ0n) is 12.4. The first-order valence-electron chi connectivity index (χ1n) is 8.16. The van der Waals surface area contributed by atoms with Gasteiger partial charge in [0, 0.05) is 6.04 Å². The lowest BCUT2D eigenvalue weighted by molar-refractivity contribution is 0.466. The maximum absolute atomic E-state index is 6.43. The van der Waals surface area contributed by atoms with E-state index in [-0.39, 0.29) is 0 Å². The summed E-state index contributed by atoms with van der Waals surface area (Å²) in [4.78, 5) is 0. The van der Waals surface area contributed by atoms with Crippen LogP contribution in [0.2, 0.25) is 0 Å². The molecule has 0 fully saturated rings. The normalized spacial score (nSPS) is 19.4. The Morgan fingerprint density at radius 1 is 1.11 bits per heavy atom. The molecule has 2 unspecified atom stereocenters. The molecule has 1 nitrogen and oxygen atoms in total. The third-order valence-electron chi connectivity index (χ3n) is 4.59. The first kappa shape index (κ1) is 14.6. The van der Waals surface area contributed by atoms with Gasteiger partial charge in [-0.25, -0.2) is 0 Å². The first-order chi connectivity index (χ1) is 9.33. The van der Waals surface area contributed by atoms with Crippen LogP contribution in [-0.4, -0.2) is 6.04 Å². The number of benzene rings is 1. The Bertz CT molecular complexity index is 372. The van der Waals surface area contributed by atoms with Gasteiger partial charge in [-0.2, -0.15) is 0 Å². The number of hydrogen-bond donors (Lipinski definition) is 1. The molecule has 106 valence electrons. The molecule has 0 saturated carbocycles. The van der Waals surface area contributed by atoms with Crippen molar-refractivity contribution in [3.05, 3.63) is 35.4 Å². The van der Waals surface area contributed by atoms with E-state index in [1.54, 1.807) is 0 Å². The number of fused-ring (bicyclic) bond motifs is 1. The Labute approximate surface area is 118 Å². The Balaban J connectivity index is 1.71. The van der Waals surface area contributed by atoms with E-state index in [9.17, 15) is 0 Å². The third-order valence-corrected chi connectivity index (χ3v) is 4.59. The highest BCUT2D eigenvalue weighted by molar-refractivity contribution is 5.35. The van der Waals surface area contributed by atoms with E-state index < -0.39 is 0 Å². The maximum atomic E-state index is 6.43. The van der Waals surface area contributed by atoms with E-state index in [1.165, 1.54) is 68.9 Å². The van der Waals surface area contributed by atoms with E-state index in [4.69, 9.17) is 5.73 Å². The topological polar surface area (TPSA) is 26.0 Å². The molecule has 0 radical (unpaired) electrons. The number of unbranched alkanes of at least 4 members (excludes halogenated alkanes) is 5. The molecule has 1 aromatic rings. The highest BCUT2D eigenvalue weighted by Gasteiger charge is 2.26. The summed E-state index contributed by atoms with van der Waals surface area (Å²) in [6.45, 7) is 2.27. The second-order valence-corrected chi connectivity index (χ2v) is 6.06. The van der Waals surface area contributed by atoms with Gasteiger partial charge in [-0.3, -0.25) is 0 Å². The lowest BCUT2D eigenvalue weighted by atomic mass is 9.90. The predicted octanol–water partition coefficient (Wildman–Crippen LogP) is 4.79. The lowest BCUT2D eigenvalue weighted by Crippen LogP contribution is -2.27. The summed E-state index contributed by atoms with van der Waals surface area (Å²) in [5, 5.41) is 0. The third kappa shape index (κ3) is 4.07. The fourth-order valence-electron chi connectivity index (χ4n) is 3.40. The van der Waals surface area contributed by atoms with Crippen molar-refractivity contribution in [2.24, 2.45) is 5.73 Å². The molecule has 1 aromatic carbocycles. The van der Waals surface area contributed by atoms with Gasteiger partial charge >= 0.3 is 0 Å². The van der Waals surface area contributed by atoms with E-state index in [0.29, 0.717) is 12.0 Å². The van der Waals surface area contributed by atoms with Crippen LogP contribution in [0.15, 0.2) is 24.3 Å². The van der Waals surface area contributed by atoms with Gasteiger partial charge in [0.1, 0.15) is 0 Å². The Hall–Kier alpha value is -0.820. The average Bonchev–Trinajstić information content (AvgIpc) is 2.86. The van der Waals surface area contributed by atoms with Crippen molar-refractivity contribution in [1.29, 1.82) is 0 Å². The summed E-state index contributed by atoms with van der Waals surface area (Å²) < 4.78 is 0. The van der Waals surface area contributed by atoms with Crippen molar-refractivity contribution in [3.63, 3.8) is 0 Å². The highest BCUT2D eigenvalue weighted by Crippen LogP contribution is 2.35. The Morgan fingerprint density at radius 2 is 1.84 bits per heavy atom. The monoisotopic (exact) mass is 259 g/mol. The summed E-state index contributed by atoms with van der Waals surface area (Å²) in [7, 11) is 0. The second-order valence-electron chi connectivity index (χ2n) is 6.06. The molecule has 0 aliphatic heterocycles. The van der Waals surface area contributed by atoms with Crippen LogP contribution in [0, 0.1) is 0 Å². The molecular formula is C18H29N. The predicted molar refractivity (Wildman–Crippen MR) is 83.5 cm³/mol. The van der Waals surface area contributed by atoms with Crippen LogP contribution in [0.25, 0.3) is 0 Å². The van der Waals surface area contributed by atoms with Gasteiger partial charge in [0.2, 0.25) is 0 Å². The molecule has 1 aliphatic rings. The summed E-state index contributed by atoms with van der Waals surface area (Å²) in [6, 6.07) is 9.24. The number of hydrogen-bond acceptors (Lipinski definition) is 1. The van der Waals surface area contributed by atoms with Crippen molar-refractivity contribution < 1.29 is 0 Å². The van der Waals surface area contributed by atoms with Crippen molar-refractivity contribution in [2.45, 2.75) is 76.7 Å². The van der Waals surface area contributed by atoms with Gasteiger partial charge in [0.05, 0.1) is 0 Å². The van der Waals surface area contributed by atoms with Crippen LogP contribution < -0.4 is 5.73 Å². The van der Waals surface area contributed by atoms with Gasteiger partial charge < -0.3 is 5.73 Å².